The van der Waals surface area contributed by atoms with E-state index in [0.717, 1.165) is 0 Å². The molecule has 0 heterocycles. The minimum atomic E-state index is -0.122. The average Bonchev–Trinajstić information content (AvgIpc) is 2.26. The monoisotopic (exact) mass is 210 g/mol. The van der Waals surface area contributed by atoms with Crippen LogP contribution in [0.3, 0.4) is 0 Å². The second-order valence-electron chi connectivity index (χ2n) is 2.81. The molecule has 0 rings (SSSR count). The van der Waals surface area contributed by atoms with Crippen LogP contribution >= 0.6 is 0 Å². The van der Waals surface area contributed by atoms with Gasteiger partial charge in [-0.25, -0.2) is 0 Å². The number of rotatable bonds is 6. The van der Waals surface area contributed by atoms with E-state index in [1.165, 1.54) is 6.08 Å². The second kappa shape index (κ2) is 7.61. The molecule has 0 aliphatic carbocycles. The van der Waals surface area contributed by atoms with Gasteiger partial charge in [-0.3, -0.25) is 9.79 Å². The van der Waals surface area contributed by atoms with Crippen LogP contribution < -0.4 is 11.1 Å². The number of nitrogens with one attached hydrogen (secondary N) is 1. The Morgan fingerprint density at radius 3 is 2.73 bits per heavy atom. The van der Waals surface area contributed by atoms with Crippen molar-refractivity contribution in [2.75, 3.05) is 26.7 Å². The van der Waals surface area contributed by atoms with Gasteiger partial charge in [0.2, 0.25) is 5.91 Å². The predicted octanol–water partition coefficient (Wildman–Crippen LogP) is -0.279. The minimum absolute atomic E-state index is 0.122. The minimum Gasteiger partial charge on any atom is -0.370 e. The molecular weight excluding hydrogens is 192 g/mol. The van der Waals surface area contributed by atoms with Gasteiger partial charge in [-0.2, -0.15) is 0 Å². The van der Waals surface area contributed by atoms with E-state index in [4.69, 9.17) is 5.73 Å². The van der Waals surface area contributed by atoms with Gasteiger partial charge < -0.3 is 16.0 Å². The molecule has 0 aromatic heterocycles. The van der Waals surface area contributed by atoms with Gasteiger partial charge in [0, 0.05) is 26.7 Å². The highest BCUT2D eigenvalue weighted by atomic mass is 16.2. The first-order valence-electron chi connectivity index (χ1n) is 4.64. The van der Waals surface area contributed by atoms with Crippen molar-refractivity contribution in [1.29, 1.82) is 0 Å². The van der Waals surface area contributed by atoms with Crippen LogP contribution in [0.1, 0.15) is 0 Å². The van der Waals surface area contributed by atoms with Crippen molar-refractivity contribution in [2.45, 2.75) is 0 Å². The summed E-state index contributed by atoms with van der Waals surface area (Å²) in [7, 11) is 1.60. The highest BCUT2D eigenvalue weighted by molar-refractivity contribution is 5.87. The second-order valence-corrected chi connectivity index (χ2v) is 2.81. The Bertz CT molecular complexity index is 260. The Kier molecular flexibility index (Phi) is 6.70. The van der Waals surface area contributed by atoms with Crippen LogP contribution in [0.25, 0.3) is 0 Å². The fourth-order valence-corrected chi connectivity index (χ4v) is 0.974. The smallest absolute Gasteiger partial charge is 0.246 e. The van der Waals surface area contributed by atoms with Crippen molar-refractivity contribution in [1.82, 2.24) is 10.2 Å². The van der Waals surface area contributed by atoms with Crippen LogP contribution in [-0.2, 0) is 4.79 Å². The van der Waals surface area contributed by atoms with E-state index >= 15 is 0 Å². The number of hydrogen-bond donors (Lipinski definition) is 2. The fraction of sp³-hybridized carbons (Fsp3) is 0.400. The molecule has 0 aromatic carbocycles. The van der Waals surface area contributed by atoms with Crippen LogP contribution in [0.2, 0.25) is 0 Å². The van der Waals surface area contributed by atoms with Crippen molar-refractivity contribution in [3.63, 3.8) is 0 Å². The van der Waals surface area contributed by atoms with E-state index in [9.17, 15) is 4.79 Å². The Labute approximate surface area is 90.4 Å². The molecular formula is C10H18N4O. The van der Waals surface area contributed by atoms with E-state index in [0.29, 0.717) is 25.6 Å². The van der Waals surface area contributed by atoms with E-state index in [2.05, 4.69) is 23.5 Å². The summed E-state index contributed by atoms with van der Waals surface area (Å²) in [6, 6.07) is 0. The molecule has 0 saturated carbocycles. The summed E-state index contributed by atoms with van der Waals surface area (Å²) < 4.78 is 0. The maximum atomic E-state index is 11.3. The zero-order valence-corrected chi connectivity index (χ0v) is 9.07. The average molecular weight is 210 g/mol. The lowest BCUT2D eigenvalue weighted by Crippen LogP contribution is -2.40. The zero-order chi connectivity index (χ0) is 11.7. The molecule has 0 bridgehead atoms. The number of guanidine groups is 1. The summed E-state index contributed by atoms with van der Waals surface area (Å²) in [5.74, 6) is 0.239. The topological polar surface area (TPSA) is 70.7 Å². The van der Waals surface area contributed by atoms with E-state index in [1.807, 2.05) is 0 Å². The molecule has 5 heteroatoms. The number of hydrogen-bond acceptors (Lipinski definition) is 2. The zero-order valence-electron chi connectivity index (χ0n) is 9.07. The molecule has 84 valence electrons. The lowest BCUT2D eigenvalue weighted by molar-refractivity contribution is -0.125. The molecule has 1 amide bonds. The first kappa shape index (κ1) is 13.2. The molecule has 0 fully saturated rings. The normalized spacial score (nSPS) is 10.6. The molecule has 0 aliphatic rings. The highest BCUT2D eigenvalue weighted by Gasteiger charge is 2.07. The van der Waals surface area contributed by atoms with Crippen molar-refractivity contribution < 1.29 is 4.79 Å². The predicted molar refractivity (Wildman–Crippen MR) is 62.5 cm³/mol. The van der Waals surface area contributed by atoms with Crippen LogP contribution in [0, 0.1) is 0 Å². The van der Waals surface area contributed by atoms with Crippen LogP contribution in [0.4, 0.5) is 0 Å². The van der Waals surface area contributed by atoms with Crippen molar-refractivity contribution >= 4 is 11.9 Å². The molecule has 3 N–H and O–H groups in total. The van der Waals surface area contributed by atoms with Crippen molar-refractivity contribution in [2.24, 2.45) is 10.7 Å². The van der Waals surface area contributed by atoms with Crippen LogP contribution in [-0.4, -0.2) is 43.4 Å². The SMILES string of the molecule is C=CCN(CCNC(N)=NC)C(=O)C=C. The van der Waals surface area contributed by atoms with Crippen LogP contribution in [0.5, 0.6) is 0 Å². The lowest BCUT2D eigenvalue weighted by atomic mass is 10.4. The third-order valence-corrected chi connectivity index (χ3v) is 1.76. The van der Waals surface area contributed by atoms with Gasteiger partial charge in [0.25, 0.3) is 0 Å². The Morgan fingerprint density at radius 2 is 2.27 bits per heavy atom. The number of amides is 1. The highest BCUT2D eigenvalue weighted by Crippen LogP contribution is 1.90. The van der Waals surface area contributed by atoms with E-state index in [1.54, 1.807) is 18.0 Å². The molecule has 0 spiro atoms. The van der Waals surface area contributed by atoms with Crippen LogP contribution in [0.15, 0.2) is 30.3 Å². The molecule has 0 aliphatic heterocycles. The largest absolute Gasteiger partial charge is 0.370 e. The number of carbonyl (C=O) groups is 1. The van der Waals surface area contributed by atoms with Crippen molar-refractivity contribution in [3.8, 4) is 0 Å². The molecule has 15 heavy (non-hydrogen) atoms. The summed E-state index contributed by atoms with van der Waals surface area (Å²) in [4.78, 5) is 16.7. The molecule has 0 saturated heterocycles. The van der Waals surface area contributed by atoms with Gasteiger partial charge in [0.1, 0.15) is 0 Å². The van der Waals surface area contributed by atoms with Gasteiger partial charge in [-0.1, -0.05) is 12.7 Å². The first-order valence-corrected chi connectivity index (χ1v) is 4.64. The summed E-state index contributed by atoms with van der Waals surface area (Å²) >= 11 is 0. The Balaban J connectivity index is 4.01. The van der Waals surface area contributed by atoms with Gasteiger partial charge in [-0.15, -0.1) is 6.58 Å². The quantitative estimate of drug-likeness (QED) is 0.274. The van der Waals surface area contributed by atoms with Gasteiger partial charge in [0.15, 0.2) is 5.96 Å². The molecule has 5 nitrogen and oxygen atoms in total. The Hall–Kier alpha value is -1.78. The molecule has 0 unspecified atom stereocenters. The summed E-state index contributed by atoms with van der Waals surface area (Å²) in [5.41, 5.74) is 5.44. The summed E-state index contributed by atoms with van der Waals surface area (Å²) in [6.07, 6.45) is 2.94. The number of nitrogens with zero attached hydrogens (tertiary/aromatic N) is 2. The lowest BCUT2D eigenvalue weighted by Gasteiger charge is -2.19. The molecule has 0 atom stereocenters. The summed E-state index contributed by atoms with van der Waals surface area (Å²) in [5, 5.41) is 2.87. The molecule has 0 aromatic rings. The third kappa shape index (κ3) is 5.51. The maximum Gasteiger partial charge on any atom is 0.246 e. The summed E-state index contributed by atoms with van der Waals surface area (Å²) in [6.45, 7) is 8.59. The fourth-order valence-electron chi connectivity index (χ4n) is 0.974. The van der Waals surface area contributed by atoms with E-state index < -0.39 is 0 Å². The van der Waals surface area contributed by atoms with Crippen molar-refractivity contribution in [3.05, 3.63) is 25.3 Å². The van der Waals surface area contributed by atoms with Gasteiger partial charge >= 0.3 is 0 Å². The standard InChI is InChI=1S/C10H18N4O/c1-4-7-14(9(15)5-2)8-6-13-10(11)12-3/h4-5H,1-2,6-8H2,3H3,(H3,11,12,13). The number of aliphatic imine (C=N–C) groups is 1. The maximum absolute atomic E-state index is 11.3. The number of nitrogens with two attached hydrogens (primary N) is 1. The van der Waals surface area contributed by atoms with Gasteiger partial charge in [0.05, 0.1) is 0 Å². The van der Waals surface area contributed by atoms with Gasteiger partial charge in [-0.05, 0) is 6.08 Å². The van der Waals surface area contributed by atoms with E-state index in [-0.39, 0.29) is 5.91 Å². The Morgan fingerprint density at radius 1 is 1.60 bits per heavy atom. The molecule has 0 radical (unpaired) electrons. The third-order valence-electron chi connectivity index (χ3n) is 1.76. The first-order chi connectivity index (χ1) is 7.15. The number of carbonyl (C=O) groups excluding carboxylic acids is 1.